The lowest BCUT2D eigenvalue weighted by Crippen LogP contribution is -2.40. The van der Waals surface area contributed by atoms with Gasteiger partial charge in [-0.05, 0) is 49.5 Å². The summed E-state index contributed by atoms with van der Waals surface area (Å²) in [6, 6.07) is 13.5. The van der Waals surface area contributed by atoms with Crippen molar-refractivity contribution in [3.63, 3.8) is 0 Å². The Hall–Kier alpha value is -2.70. The molecule has 1 atom stereocenters. The van der Waals surface area contributed by atoms with Crippen LogP contribution in [0.15, 0.2) is 61.1 Å². The number of carbonyl (C=O) groups excluding carboxylic acids is 1. The highest BCUT2D eigenvalue weighted by atomic mass is 16.3. The maximum Gasteiger partial charge on any atom is 0.252 e. The molecule has 146 valence electrons. The molecule has 6 nitrogen and oxygen atoms in total. The Morgan fingerprint density at radius 3 is 2.75 bits per heavy atom. The Kier molecular flexibility index (Phi) is 5.69. The van der Waals surface area contributed by atoms with Gasteiger partial charge >= 0.3 is 0 Å². The summed E-state index contributed by atoms with van der Waals surface area (Å²) in [5.41, 5.74) is 2.45. The molecule has 1 aliphatic rings. The summed E-state index contributed by atoms with van der Waals surface area (Å²) in [5, 5.41) is 13.5. The number of hydrogen-bond acceptors (Lipinski definition) is 4. The Morgan fingerprint density at radius 1 is 1.18 bits per heavy atom. The predicted octanol–water partition coefficient (Wildman–Crippen LogP) is 2.51. The lowest BCUT2D eigenvalue weighted by molar-refractivity contribution is 0.0852. The zero-order chi connectivity index (χ0) is 19.3. The molecule has 3 aromatic rings. The minimum absolute atomic E-state index is 0.0440. The first-order valence-corrected chi connectivity index (χ1v) is 9.85. The molecule has 3 heterocycles. The molecule has 2 aromatic heterocycles. The van der Waals surface area contributed by atoms with Gasteiger partial charge in [-0.2, -0.15) is 0 Å². The first kappa shape index (κ1) is 18.7. The second kappa shape index (κ2) is 8.54. The van der Waals surface area contributed by atoms with Crippen LogP contribution in [0.1, 0.15) is 34.9 Å². The lowest BCUT2D eigenvalue weighted by atomic mass is 9.96. The monoisotopic (exact) mass is 378 g/mol. The second-order valence-corrected chi connectivity index (χ2v) is 7.49. The zero-order valence-electron chi connectivity index (χ0n) is 15.9. The van der Waals surface area contributed by atoms with Crippen molar-refractivity contribution >= 4 is 11.6 Å². The number of carbonyl (C=O) groups is 1. The van der Waals surface area contributed by atoms with Gasteiger partial charge in [0.05, 0.1) is 11.7 Å². The third-order valence-electron chi connectivity index (χ3n) is 5.52. The number of amides is 1. The number of piperidine rings is 1. The fourth-order valence-corrected chi connectivity index (χ4v) is 3.79. The summed E-state index contributed by atoms with van der Waals surface area (Å²) < 4.78 is 1.85. The van der Waals surface area contributed by atoms with Gasteiger partial charge in [0, 0.05) is 31.7 Å². The minimum atomic E-state index is -0.449. The van der Waals surface area contributed by atoms with Crippen LogP contribution in [0.25, 0.3) is 5.65 Å². The van der Waals surface area contributed by atoms with E-state index in [2.05, 4.69) is 15.2 Å². The normalized spacial score (nSPS) is 16.9. The summed E-state index contributed by atoms with van der Waals surface area (Å²) in [6.45, 7) is 3.25. The van der Waals surface area contributed by atoms with Gasteiger partial charge < -0.3 is 19.7 Å². The maximum absolute atomic E-state index is 12.4. The van der Waals surface area contributed by atoms with E-state index in [4.69, 9.17) is 0 Å². The SMILES string of the molecule is O=C(NCC1CCN(C[C@@H](O)c2ccccc2)CC1)c1ccc2nccn2c1. The molecule has 6 heteroatoms. The fraction of sp³-hybridized carbons (Fsp3) is 0.364. The molecule has 28 heavy (non-hydrogen) atoms. The Balaban J connectivity index is 1.22. The van der Waals surface area contributed by atoms with Crippen LogP contribution in [0, 0.1) is 5.92 Å². The average Bonchev–Trinajstić information content (AvgIpc) is 3.21. The minimum Gasteiger partial charge on any atom is -0.387 e. The average molecular weight is 378 g/mol. The van der Waals surface area contributed by atoms with Crippen molar-refractivity contribution in [3.05, 3.63) is 72.2 Å². The molecule has 1 aliphatic heterocycles. The van der Waals surface area contributed by atoms with Crippen LogP contribution in [-0.4, -0.2) is 51.5 Å². The molecule has 0 spiro atoms. The second-order valence-electron chi connectivity index (χ2n) is 7.49. The van der Waals surface area contributed by atoms with E-state index in [1.807, 2.05) is 59.3 Å². The van der Waals surface area contributed by atoms with Gasteiger partial charge in [0.1, 0.15) is 5.65 Å². The van der Waals surface area contributed by atoms with Crippen LogP contribution in [0.5, 0.6) is 0 Å². The highest BCUT2D eigenvalue weighted by molar-refractivity contribution is 5.94. The van der Waals surface area contributed by atoms with Gasteiger partial charge in [-0.3, -0.25) is 4.79 Å². The topological polar surface area (TPSA) is 69.9 Å². The number of hydrogen-bond donors (Lipinski definition) is 2. The molecular formula is C22H26N4O2. The fourth-order valence-electron chi connectivity index (χ4n) is 3.79. The number of aliphatic hydroxyl groups is 1. The van der Waals surface area contributed by atoms with Gasteiger partial charge in [0.15, 0.2) is 0 Å². The number of β-amino-alcohol motifs (C(OH)–C–C–N with tert-alkyl or cyclic N) is 1. The molecule has 1 fully saturated rings. The standard InChI is InChI=1S/C22H26N4O2/c27-20(18-4-2-1-3-5-18)16-25-11-8-17(9-12-25)14-24-22(28)19-6-7-21-23-10-13-26(21)15-19/h1-7,10,13,15,17,20,27H,8-9,11-12,14,16H2,(H,24,28)/t20-/m1/s1. The smallest absolute Gasteiger partial charge is 0.252 e. The molecule has 1 amide bonds. The van der Waals surface area contributed by atoms with Crippen molar-refractivity contribution in [2.45, 2.75) is 18.9 Å². The largest absolute Gasteiger partial charge is 0.387 e. The van der Waals surface area contributed by atoms with Crippen LogP contribution >= 0.6 is 0 Å². The van der Waals surface area contributed by atoms with Gasteiger partial charge in [-0.15, -0.1) is 0 Å². The number of nitrogens with one attached hydrogen (secondary N) is 1. The summed E-state index contributed by atoms with van der Waals surface area (Å²) in [7, 11) is 0. The summed E-state index contributed by atoms with van der Waals surface area (Å²) in [4.78, 5) is 18.9. The van der Waals surface area contributed by atoms with Crippen molar-refractivity contribution in [1.29, 1.82) is 0 Å². The zero-order valence-corrected chi connectivity index (χ0v) is 15.9. The Morgan fingerprint density at radius 2 is 1.96 bits per heavy atom. The number of imidazole rings is 1. The van der Waals surface area contributed by atoms with Crippen LogP contribution in [0.4, 0.5) is 0 Å². The van der Waals surface area contributed by atoms with Crippen molar-refractivity contribution < 1.29 is 9.90 Å². The maximum atomic E-state index is 12.4. The molecule has 1 saturated heterocycles. The number of benzene rings is 1. The van der Waals surface area contributed by atoms with Crippen molar-refractivity contribution in [2.24, 2.45) is 5.92 Å². The van der Waals surface area contributed by atoms with Crippen LogP contribution in [-0.2, 0) is 0 Å². The number of likely N-dealkylation sites (tertiary alicyclic amines) is 1. The summed E-state index contributed by atoms with van der Waals surface area (Å²) in [5.74, 6) is 0.434. The van der Waals surface area contributed by atoms with Crippen molar-refractivity contribution in [1.82, 2.24) is 19.6 Å². The molecule has 0 radical (unpaired) electrons. The van der Waals surface area contributed by atoms with Gasteiger partial charge in [0.2, 0.25) is 0 Å². The van der Waals surface area contributed by atoms with Crippen LogP contribution in [0.2, 0.25) is 0 Å². The first-order valence-electron chi connectivity index (χ1n) is 9.85. The van der Waals surface area contributed by atoms with E-state index >= 15 is 0 Å². The molecule has 0 aliphatic carbocycles. The highest BCUT2D eigenvalue weighted by Crippen LogP contribution is 2.20. The number of rotatable bonds is 6. The van der Waals surface area contributed by atoms with E-state index < -0.39 is 6.10 Å². The number of nitrogens with zero attached hydrogens (tertiary/aromatic N) is 3. The molecule has 4 rings (SSSR count). The van der Waals surface area contributed by atoms with Gasteiger partial charge in [0.25, 0.3) is 5.91 Å². The number of aromatic nitrogens is 2. The van der Waals surface area contributed by atoms with E-state index in [0.29, 0.717) is 24.6 Å². The van der Waals surface area contributed by atoms with Crippen molar-refractivity contribution in [2.75, 3.05) is 26.2 Å². The number of aliphatic hydroxyl groups excluding tert-OH is 1. The van der Waals surface area contributed by atoms with E-state index in [1.165, 1.54) is 0 Å². The molecule has 0 saturated carbocycles. The molecule has 0 unspecified atom stereocenters. The van der Waals surface area contributed by atoms with E-state index in [1.54, 1.807) is 6.20 Å². The quantitative estimate of drug-likeness (QED) is 0.692. The van der Waals surface area contributed by atoms with Crippen LogP contribution in [0.3, 0.4) is 0 Å². The molecular weight excluding hydrogens is 352 g/mol. The third kappa shape index (κ3) is 4.40. The van der Waals surface area contributed by atoms with Crippen molar-refractivity contribution in [3.8, 4) is 0 Å². The van der Waals surface area contributed by atoms with E-state index in [0.717, 1.165) is 37.1 Å². The Labute approximate surface area is 164 Å². The Bertz CT molecular complexity index is 916. The van der Waals surface area contributed by atoms with E-state index in [9.17, 15) is 9.90 Å². The number of fused-ring (bicyclic) bond motifs is 1. The van der Waals surface area contributed by atoms with Crippen LogP contribution < -0.4 is 5.32 Å². The van der Waals surface area contributed by atoms with Gasteiger partial charge in [-0.25, -0.2) is 4.98 Å². The molecule has 2 N–H and O–H groups in total. The third-order valence-corrected chi connectivity index (χ3v) is 5.52. The number of pyridine rings is 1. The molecule has 1 aromatic carbocycles. The highest BCUT2D eigenvalue weighted by Gasteiger charge is 2.22. The lowest BCUT2D eigenvalue weighted by Gasteiger charge is -2.33. The van der Waals surface area contributed by atoms with E-state index in [-0.39, 0.29) is 5.91 Å². The summed E-state index contributed by atoms with van der Waals surface area (Å²) in [6.07, 6.45) is 6.98. The van der Waals surface area contributed by atoms with Gasteiger partial charge in [-0.1, -0.05) is 30.3 Å². The first-order chi connectivity index (χ1) is 13.7. The predicted molar refractivity (Wildman–Crippen MR) is 108 cm³/mol. The molecule has 0 bridgehead atoms. The summed E-state index contributed by atoms with van der Waals surface area (Å²) >= 11 is 0.